The van der Waals surface area contributed by atoms with E-state index in [-0.39, 0.29) is 35.4 Å². The highest BCUT2D eigenvalue weighted by Crippen LogP contribution is 2.64. The summed E-state index contributed by atoms with van der Waals surface area (Å²) < 4.78 is 30.2. The highest BCUT2D eigenvalue weighted by Gasteiger charge is 2.78. The largest absolute Gasteiger partial charge is 0.460 e. The molecular weight excluding hydrogens is 856 g/mol. The lowest BCUT2D eigenvalue weighted by Gasteiger charge is -2.67. The van der Waals surface area contributed by atoms with Gasteiger partial charge in [-0.1, -0.05) is 67.5 Å². The molecule has 4 aliphatic rings. The summed E-state index contributed by atoms with van der Waals surface area (Å²) in [5.41, 5.74) is 1.31. The number of aliphatic hydroxyl groups is 3. The van der Waals surface area contributed by atoms with Crippen molar-refractivity contribution in [3.05, 3.63) is 99.0 Å². The third-order valence-corrected chi connectivity index (χ3v) is 13.8. The Morgan fingerprint density at radius 1 is 1.06 bits per heavy atom. The number of carbonyl (C=O) groups is 6. The molecule has 6 rings (SSSR count). The van der Waals surface area contributed by atoms with Gasteiger partial charge in [0.1, 0.15) is 42.0 Å². The normalized spacial score (nSPS) is 31.4. The van der Waals surface area contributed by atoms with Crippen LogP contribution in [0.5, 0.6) is 0 Å². The molecule has 0 aromatic heterocycles. The maximum Gasteiger partial charge on any atom is 0.338 e. The molecule has 1 amide bonds. The summed E-state index contributed by atoms with van der Waals surface area (Å²) in [5.74, 6) is -8.05. The number of aliphatic hydroxyl groups excluding tert-OH is 2. The lowest BCUT2D eigenvalue weighted by Crippen LogP contribution is -2.82. The van der Waals surface area contributed by atoms with Crippen LogP contribution in [0.25, 0.3) is 10.4 Å². The minimum Gasteiger partial charge on any atom is -0.460 e. The Bertz CT molecular complexity index is 2350. The first-order valence-electron chi connectivity index (χ1n) is 20.6. The molecule has 3 fully saturated rings. The van der Waals surface area contributed by atoms with Gasteiger partial charge in [0.15, 0.2) is 17.5 Å². The number of Topliss-reactive ketones (excluding diaryl/α,β-unsaturated/α-hetero) is 1. The van der Waals surface area contributed by atoms with E-state index in [1.165, 1.54) is 52.0 Å². The maximum absolute atomic E-state index is 15.4. The third-order valence-electron chi connectivity index (χ3n) is 13.6. The lowest BCUT2D eigenvalue weighted by molar-refractivity contribution is -0.346. The van der Waals surface area contributed by atoms with Crippen LogP contribution in [-0.4, -0.2) is 111 Å². The van der Waals surface area contributed by atoms with Crippen LogP contribution in [0, 0.1) is 16.7 Å². The maximum atomic E-state index is 15.4. The molecule has 2 saturated carbocycles. The monoisotopic (exact) mass is 906 g/mol. The summed E-state index contributed by atoms with van der Waals surface area (Å²) in [6.07, 6.45) is -9.59. The number of ether oxygens (including phenoxy) is 5. The molecule has 1 heterocycles. The highest BCUT2D eigenvalue weighted by molar-refractivity contribution is 6.26. The van der Waals surface area contributed by atoms with Gasteiger partial charge in [0.05, 0.1) is 29.5 Å². The van der Waals surface area contributed by atoms with Crippen LogP contribution in [-0.2, 0) is 47.7 Å². The minimum atomic E-state index is -2.49. The van der Waals surface area contributed by atoms with Gasteiger partial charge in [-0.2, -0.15) is 0 Å². The van der Waals surface area contributed by atoms with E-state index in [4.69, 9.17) is 40.8 Å². The number of rotatable bonds is 12. The smallest absolute Gasteiger partial charge is 0.338 e. The second-order valence-corrected chi connectivity index (χ2v) is 17.6. The predicted octanol–water partition coefficient (Wildman–Crippen LogP) is 4.55. The highest BCUT2D eigenvalue weighted by atomic mass is 35.5. The van der Waals surface area contributed by atoms with Crippen molar-refractivity contribution in [3.63, 3.8) is 0 Å². The number of hydrogen-bond acceptors (Lipinski definition) is 15. The van der Waals surface area contributed by atoms with Crippen molar-refractivity contribution in [2.45, 2.75) is 115 Å². The Balaban J connectivity index is 1.56. The molecule has 11 atom stereocenters. The van der Waals surface area contributed by atoms with E-state index in [1.807, 2.05) is 0 Å². The van der Waals surface area contributed by atoms with Gasteiger partial charge in [0.25, 0.3) is 0 Å². The predicted molar refractivity (Wildman–Crippen MR) is 225 cm³/mol. The first-order valence-corrected chi connectivity index (χ1v) is 21.1. The average Bonchev–Trinajstić information content (AvgIpc) is 3.25. The first-order chi connectivity index (χ1) is 30.1. The Kier molecular flexibility index (Phi) is 13.5. The second kappa shape index (κ2) is 18.1. The number of nitrogens with zero attached hydrogens (tertiary/aromatic N) is 3. The SMILES string of the molecule is C/C=C(\C)C(=O)N[C@@H](c1ccccc1)[C@@H](O)C(=O)O[C@H]1C[C@@]2(O)[C@@H](OC(=O)c3cccc(N=[N+]=[N-])c3)[C@@H]3[C@]4(OC(C)=O)CO[C@@H]4C[C@H](OC(=O)CCl)[C@@]3(C)C(=O)[C@H](O)C(=C1C)C2(C)C. The van der Waals surface area contributed by atoms with Gasteiger partial charge in [-0.15, -0.1) is 11.6 Å². The summed E-state index contributed by atoms with van der Waals surface area (Å²) in [7, 11) is 0. The van der Waals surface area contributed by atoms with Crippen LogP contribution in [0.2, 0.25) is 0 Å². The van der Waals surface area contributed by atoms with E-state index in [0.717, 1.165) is 6.92 Å². The molecule has 2 bridgehead atoms. The van der Waals surface area contributed by atoms with Crippen LogP contribution in [0.4, 0.5) is 5.69 Å². The number of hydrogen-bond donors (Lipinski definition) is 4. The van der Waals surface area contributed by atoms with Gasteiger partial charge in [-0.3, -0.25) is 19.2 Å². The van der Waals surface area contributed by atoms with E-state index in [0.29, 0.717) is 11.1 Å². The molecular formula is C45H51ClN4O14. The van der Waals surface area contributed by atoms with E-state index in [9.17, 15) is 39.3 Å². The quantitative estimate of drug-likeness (QED) is 0.0333. The molecule has 0 radical (unpaired) electrons. The van der Waals surface area contributed by atoms with Crippen LogP contribution >= 0.6 is 11.6 Å². The summed E-state index contributed by atoms with van der Waals surface area (Å²) in [6.45, 7) is 9.71. The van der Waals surface area contributed by atoms with Crippen molar-refractivity contribution >= 4 is 52.9 Å². The van der Waals surface area contributed by atoms with Gasteiger partial charge >= 0.3 is 23.9 Å². The number of amides is 1. The number of nitrogens with one attached hydrogen (secondary N) is 1. The van der Waals surface area contributed by atoms with Gasteiger partial charge in [-0.05, 0) is 62.1 Å². The standard InChI is InChI=1S/C45H51ClN4O14/c1-8-22(2)39(56)48-33(25-13-10-9-11-14-25)35(54)41(58)61-28-19-45(59)38(63-40(57)26-15-12-16-27(17-26)49-50-47)36-43(7,37(55)34(53)32(23(28)3)42(45,5)6)29(62-31(52)20-46)18-30-44(36,21-60-30)64-24(4)51/h8-17,28-30,33-36,38,53-54,59H,18-21H2,1-7H3,(H,48,56)/b22-8+/t28-,29-,30+,33-,34+,35+,36-,38-,43+,44-,45+/m0/s1. The van der Waals surface area contributed by atoms with Gasteiger partial charge in [0.2, 0.25) is 5.91 Å². The van der Waals surface area contributed by atoms with Crippen molar-refractivity contribution < 1.29 is 67.8 Å². The minimum absolute atomic E-state index is 0.0290. The average molecular weight is 907 g/mol. The topological polar surface area (TPSA) is 270 Å². The molecule has 2 aromatic carbocycles. The molecule has 1 saturated heterocycles. The summed E-state index contributed by atoms with van der Waals surface area (Å²) in [4.78, 5) is 86.0. The fourth-order valence-electron chi connectivity index (χ4n) is 10.0. The zero-order chi connectivity index (χ0) is 47.1. The third kappa shape index (κ3) is 8.07. The Morgan fingerprint density at radius 2 is 1.75 bits per heavy atom. The molecule has 0 spiro atoms. The van der Waals surface area contributed by atoms with Gasteiger partial charge < -0.3 is 44.3 Å². The zero-order valence-electron chi connectivity index (χ0n) is 36.3. The number of ketones is 1. The molecule has 64 heavy (non-hydrogen) atoms. The molecule has 1 aliphatic heterocycles. The van der Waals surface area contributed by atoms with Crippen LogP contribution in [0.3, 0.4) is 0 Å². The zero-order valence-corrected chi connectivity index (χ0v) is 37.0. The molecule has 342 valence electrons. The van der Waals surface area contributed by atoms with E-state index < -0.39 is 118 Å². The van der Waals surface area contributed by atoms with Crippen molar-refractivity contribution in [1.29, 1.82) is 0 Å². The van der Waals surface area contributed by atoms with Crippen molar-refractivity contribution in [3.8, 4) is 0 Å². The van der Waals surface area contributed by atoms with Gasteiger partial charge in [0, 0.05) is 41.4 Å². The Morgan fingerprint density at radius 3 is 2.34 bits per heavy atom. The number of esters is 4. The van der Waals surface area contributed by atoms with Crippen molar-refractivity contribution in [2.24, 2.45) is 21.9 Å². The number of alkyl halides is 1. The molecule has 2 aromatic rings. The fraction of sp³-hybridized carbons (Fsp3) is 0.511. The van der Waals surface area contributed by atoms with Crippen molar-refractivity contribution in [2.75, 3.05) is 12.5 Å². The lowest BCUT2D eigenvalue weighted by atomic mass is 9.44. The number of allylic oxidation sites excluding steroid dienone is 1. The Hall–Kier alpha value is -5.62. The summed E-state index contributed by atoms with van der Waals surface area (Å²) in [6, 6.07) is 12.2. The molecule has 0 unspecified atom stereocenters. The molecule has 18 nitrogen and oxygen atoms in total. The van der Waals surface area contributed by atoms with Crippen molar-refractivity contribution in [1.82, 2.24) is 5.32 Å². The summed E-state index contributed by atoms with van der Waals surface area (Å²) in [5, 5.41) is 44.0. The second-order valence-electron chi connectivity index (χ2n) is 17.3. The molecule has 4 N–H and O–H groups in total. The molecule has 19 heteroatoms. The Labute approximate surface area is 373 Å². The van der Waals surface area contributed by atoms with Crippen LogP contribution in [0.15, 0.2) is 82.5 Å². The van der Waals surface area contributed by atoms with Crippen LogP contribution < -0.4 is 5.32 Å². The van der Waals surface area contributed by atoms with E-state index >= 15 is 4.79 Å². The van der Waals surface area contributed by atoms with E-state index in [2.05, 4.69) is 15.3 Å². The number of benzene rings is 2. The van der Waals surface area contributed by atoms with E-state index in [1.54, 1.807) is 50.3 Å². The van der Waals surface area contributed by atoms with Gasteiger partial charge in [-0.25, -0.2) is 9.59 Å². The number of halogens is 1. The summed E-state index contributed by atoms with van der Waals surface area (Å²) >= 11 is 5.89. The number of azide groups is 1. The van der Waals surface area contributed by atoms with Crippen LogP contribution in [0.1, 0.15) is 83.3 Å². The number of fused-ring (bicyclic) bond motifs is 5. The molecule has 3 aliphatic carbocycles. The number of carbonyl (C=O) groups excluding carboxylic acids is 6. The first kappa shape index (κ1) is 47.8. The fourth-order valence-corrected chi connectivity index (χ4v) is 10.1.